The van der Waals surface area contributed by atoms with Gasteiger partial charge in [0.2, 0.25) is 5.91 Å². The van der Waals surface area contributed by atoms with E-state index in [4.69, 9.17) is 9.68 Å². The molecule has 2 aromatic rings. The van der Waals surface area contributed by atoms with Crippen molar-refractivity contribution in [1.29, 1.82) is 5.26 Å². The van der Waals surface area contributed by atoms with E-state index in [1.54, 1.807) is 24.3 Å². The van der Waals surface area contributed by atoms with E-state index < -0.39 is 0 Å². The normalized spacial score (nSPS) is 9.79. The summed E-state index contributed by atoms with van der Waals surface area (Å²) < 4.78 is 4.94. The number of anilines is 1. The van der Waals surface area contributed by atoms with Gasteiger partial charge in [-0.1, -0.05) is 0 Å². The van der Waals surface area contributed by atoms with Crippen molar-refractivity contribution in [3.8, 4) is 6.07 Å². The van der Waals surface area contributed by atoms with Crippen LogP contribution in [-0.4, -0.2) is 36.4 Å². The molecule has 0 aliphatic carbocycles. The van der Waals surface area contributed by atoms with Crippen LogP contribution in [0.5, 0.6) is 0 Å². The van der Waals surface area contributed by atoms with Gasteiger partial charge in [-0.2, -0.15) is 5.26 Å². The third-order valence-electron chi connectivity index (χ3n) is 3.03. The summed E-state index contributed by atoms with van der Waals surface area (Å²) in [7, 11) is 0. The van der Waals surface area contributed by atoms with E-state index in [0.717, 1.165) is 0 Å². The SMILES string of the molecule is N#Cc1ccc(NCCNC(=O)CCNC(=O)c2ccco2)nc1. The molecule has 0 bridgehead atoms. The maximum absolute atomic E-state index is 11.6. The number of carbonyl (C=O) groups excluding carboxylic acids is 2. The van der Waals surface area contributed by atoms with Crippen molar-refractivity contribution >= 4 is 17.6 Å². The lowest BCUT2D eigenvalue weighted by Gasteiger charge is -2.08. The Hall–Kier alpha value is -3.34. The largest absolute Gasteiger partial charge is 0.459 e. The van der Waals surface area contributed by atoms with Crippen molar-refractivity contribution in [3.63, 3.8) is 0 Å². The molecule has 0 radical (unpaired) electrons. The van der Waals surface area contributed by atoms with Gasteiger partial charge in [0.1, 0.15) is 11.9 Å². The Morgan fingerprint density at radius 3 is 2.71 bits per heavy atom. The molecule has 0 atom stereocenters. The summed E-state index contributed by atoms with van der Waals surface area (Å²) in [6.07, 6.45) is 3.07. The Kier molecular flexibility index (Phi) is 6.35. The van der Waals surface area contributed by atoms with Crippen molar-refractivity contribution in [2.75, 3.05) is 25.0 Å². The third kappa shape index (κ3) is 5.46. The highest BCUT2D eigenvalue weighted by Gasteiger charge is 2.08. The van der Waals surface area contributed by atoms with Crippen LogP contribution in [0.1, 0.15) is 22.5 Å². The minimum atomic E-state index is -0.346. The number of hydrogen-bond acceptors (Lipinski definition) is 6. The van der Waals surface area contributed by atoms with Gasteiger partial charge in [0.05, 0.1) is 11.8 Å². The van der Waals surface area contributed by atoms with Crippen LogP contribution >= 0.6 is 0 Å². The smallest absolute Gasteiger partial charge is 0.286 e. The lowest BCUT2D eigenvalue weighted by Crippen LogP contribution is -2.33. The molecule has 2 heterocycles. The van der Waals surface area contributed by atoms with Crippen LogP contribution in [-0.2, 0) is 4.79 Å². The number of rotatable bonds is 8. The lowest BCUT2D eigenvalue weighted by molar-refractivity contribution is -0.120. The molecule has 0 fully saturated rings. The Morgan fingerprint density at radius 1 is 1.17 bits per heavy atom. The van der Waals surface area contributed by atoms with Gasteiger partial charge in [-0.3, -0.25) is 9.59 Å². The second kappa shape index (κ2) is 8.95. The van der Waals surface area contributed by atoms with E-state index in [0.29, 0.717) is 24.5 Å². The quantitative estimate of drug-likeness (QED) is 0.619. The monoisotopic (exact) mass is 327 g/mol. The first kappa shape index (κ1) is 17.0. The summed E-state index contributed by atoms with van der Waals surface area (Å²) in [5.41, 5.74) is 0.491. The Labute approximate surface area is 138 Å². The van der Waals surface area contributed by atoms with Gasteiger partial charge >= 0.3 is 0 Å². The molecule has 124 valence electrons. The van der Waals surface area contributed by atoms with Crippen molar-refractivity contribution < 1.29 is 14.0 Å². The zero-order chi connectivity index (χ0) is 17.2. The Morgan fingerprint density at radius 2 is 2.04 bits per heavy atom. The molecule has 3 N–H and O–H groups in total. The van der Waals surface area contributed by atoms with Crippen LogP contribution in [0.25, 0.3) is 0 Å². The van der Waals surface area contributed by atoms with Crippen LogP contribution in [0, 0.1) is 11.3 Å². The number of hydrogen-bond donors (Lipinski definition) is 3. The van der Waals surface area contributed by atoms with Crippen molar-refractivity contribution in [3.05, 3.63) is 48.0 Å². The summed E-state index contributed by atoms with van der Waals surface area (Å²) in [5.74, 6) is 0.342. The summed E-state index contributed by atoms with van der Waals surface area (Å²) in [6, 6.07) is 8.53. The Balaban J connectivity index is 1.56. The number of aromatic nitrogens is 1. The predicted molar refractivity (Wildman–Crippen MR) is 86.1 cm³/mol. The fourth-order valence-corrected chi connectivity index (χ4v) is 1.83. The van der Waals surface area contributed by atoms with Gasteiger partial charge in [-0.05, 0) is 24.3 Å². The lowest BCUT2D eigenvalue weighted by atomic mass is 10.3. The molecule has 0 aliphatic rings. The average Bonchev–Trinajstić information content (AvgIpc) is 3.14. The fraction of sp³-hybridized carbons (Fsp3) is 0.250. The summed E-state index contributed by atoms with van der Waals surface area (Å²) in [5, 5.41) is 17.0. The van der Waals surface area contributed by atoms with Gasteiger partial charge in [-0.25, -0.2) is 4.98 Å². The molecule has 0 spiro atoms. The van der Waals surface area contributed by atoms with Gasteiger partial charge in [0.25, 0.3) is 5.91 Å². The van der Waals surface area contributed by atoms with E-state index in [2.05, 4.69) is 20.9 Å². The summed E-state index contributed by atoms with van der Waals surface area (Å²) in [4.78, 5) is 27.3. The number of pyridine rings is 1. The highest BCUT2D eigenvalue weighted by Crippen LogP contribution is 2.03. The fourth-order valence-electron chi connectivity index (χ4n) is 1.83. The number of furan rings is 1. The molecule has 2 rings (SSSR count). The van der Waals surface area contributed by atoms with E-state index in [1.165, 1.54) is 12.5 Å². The summed E-state index contributed by atoms with van der Waals surface area (Å²) in [6.45, 7) is 1.16. The zero-order valence-corrected chi connectivity index (χ0v) is 12.9. The molecule has 24 heavy (non-hydrogen) atoms. The number of nitriles is 1. The van der Waals surface area contributed by atoms with Crippen LogP contribution < -0.4 is 16.0 Å². The highest BCUT2D eigenvalue weighted by atomic mass is 16.3. The molecule has 0 saturated heterocycles. The van der Waals surface area contributed by atoms with Crippen LogP contribution in [0.4, 0.5) is 5.82 Å². The first-order valence-corrected chi connectivity index (χ1v) is 7.37. The van der Waals surface area contributed by atoms with Gasteiger partial charge in [-0.15, -0.1) is 0 Å². The molecule has 8 nitrogen and oxygen atoms in total. The van der Waals surface area contributed by atoms with Crippen molar-refractivity contribution in [2.45, 2.75) is 6.42 Å². The average molecular weight is 327 g/mol. The first-order chi connectivity index (χ1) is 11.7. The molecule has 0 saturated carbocycles. The second-order valence-corrected chi connectivity index (χ2v) is 4.80. The molecule has 2 amide bonds. The van der Waals surface area contributed by atoms with Gasteiger partial charge in [0, 0.05) is 32.3 Å². The van der Waals surface area contributed by atoms with Crippen LogP contribution in [0.2, 0.25) is 0 Å². The molecule has 8 heteroatoms. The maximum Gasteiger partial charge on any atom is 0.286 e. The molecule has 0 unspecified atom stereocenters. The van der Waals surface area contributed by atoms with E-state index in [-0.39, 0.29) is 30.5 Å². The molecular weight excluding hydrogens is 310 g/mol. The topological polar surface area (TPSA) is 120 Å². The molecule has 2 aromatic heterocycles. The predicted octanol–water partition coefficient (Wildman–Crippen LogP) is 0.894. The third-order valence-corrected chi connectivity index (χ3v) is 3.03. The van der Waals surface area contributed by atoms with E-state index >= 15 is 0 Å². The number of nitrogens with zero attached hydrogens (tertiary/aromatic N) is 2. The van der Waals surface area contributed by atoms with Crippen molar-refractivity contribution in [1.82, 2.24) is 15.6 Å². The molecular formula is C16H17N5O3. The number of amides is 2. The zero-order valence-electron chi connectivity index (χ0n) is 12.9. The number of carbonyl (C=O) groups is 2. The highest BCUT2D eigenvalue weighted by molar-refractivity contribution is 5.91. The Bertz CT molecular complexity index is 704. The van der Waals surface area contributed by atoms with Crippen LogP contribution in [0.3, 0.4) is 0 Å². The van der Waals surface area contributed by atoms with E-state index in [1.807, 2.05) is 6.07 Å². The van der Waals surface area contributed by atoms with E-state index in [9.17, 15) is 9.59 Å². The second-order valence-electron chi connectivity index (χ2n) is 4.80. The van der Waals surface area contributed by atoms with Crippen LogP contribution in [0.15, 0.2) is 41.1 Å². The molecule has 0 aromatic carbocycles. The maximum atomic E-state index is 11.6. The first-order valence-electron chi connectivity index (χ1n) is 7.37. The summed E-state index contributed by atoms with van der Waals surface area (Å²) >= 11 is 0. The van der Waals surface area contributed by atoms with Gasteiger partial charge < -0.3 is 20.4 Å². The minimum Gasteiger partial charge on any atom is -0.459 e. The molecule has 0 aliphatic heterocycles. The number of nitrogens with one attached hydrogen (secondary N) is 3. The van der Waals surface area contributed by atoms with Crippen molar-refractivity contribution in [2.24, 2.45) is 0 Å². The minimum absolute atomic E-state index is 0.163. The standard InChI is InChI=1S/C16H17N5O3/c17-10-12-3-4-14(21-11-12)18-7-8-19-15(22)5-6-20-16(23)13-2-1-9-24-13/h1-4,9,11H,5-8H2,(H,18,21)(H,19,22)(H,20,23). The van der Waals surface area contributed by atoms with Gasteiger partial charge in [0.15, 0.2) is 5.76 Å².